The summed E-state index contributed by atoms with van der Waals surface area (Å²) in [5, 5.41) is 0. The molecule has 2 aromatic rings. The van der Waals surface area contributed by atoms with Crippen molar-refractivity contribution in [2.75, 3.05) is 27.9 Å². The number of aryl methyl sites for hydroxylation is 1. The van der Waals surface area contributed by atoms with E-state index < -0.39 is 5.97 Å². The fourth-order valence-corrected chi connectivity index (χ4v) is 2.61. The van der Waals surface area contributed by atoms with Gasteiger partial charge in [0.15, 0.2) is 29.6 Å². The number of rotatable bonds is 9. The average Bonchev–Trinajstić information content (AvgIpc) is 2.71. The SMILES string of the molecule is C/C=C/c1ccc(OCC(=O)OCc2cc(OC)c(OC)cc2C)c(OC)c1. The zero-order valence-corrected chi connectivity index (χ0v) is 16.9. The average molecular weight is 386 g/mol. The number of hydrogen-bond donors (Lipinski definition) is 0. The van der Waals surface area contributed by atoms with E-state index in [9.17, 15) is 4.79 Å². The zero-order chi connectivity index (χ0) is 20.5. The van der Waals surface area contributed by atoms with Gasteiger partial charge in [-0.05, 0) is 54.8 Å². The Labute approximate surface area is 165 Å². The summed E-state index contributed by atoms with van der Waals surface area (Å²) in [6.45, 7) is 3.75. The quantitative estimate of drug-likeness (QED) is 0.603. The maximum absolute atomic E-state index is 12.1. The highest BCUT2D eigenvalue weighted by atomic mass is 16.6. The summed E-state index contributed by atoms with van der Waals surface area (Å²) in [4.78, 5) is 12.1. The molecule has 0 fully saturated rings. The molecule has 0 radical (unpaired) electrons. The van der Waals surface area contributed by atoms with Crippen molar-refractivity contribution in [2.45, 2.75) is 20.5 Å². The van der Waals surface area contributed by atoms with Crippen LogP contribution in [0.15, 0.2) is 36.4 Å². The van der Waals surface area contributed by atoms with Gasteiger partial charge in [-0.1, -0.05) is 18.2 Å². The summed E-state index contributed by atoms with van der Waals surface area (Å²) in [5.74, 6) is 1.77. The minimum Gasteiger partial charge on any atom is -0.493 e. The third kappa shape index (κ3) is 5.42. The van der Waals surface area contributed by atoms with Crippen LogP contribution in [0, 0.1) is 6.92 Å². The van der Waals surface area contributed by atoms with Crippen LogP contribution in [0.25, 0.3) is 6.08 Å². The molecule has 0 heterocycles. The molecule has 0 aromatic heterocycles. The predicted molar refractivity (Wildman–Crippen MR) is 107 cm³/mol. The molecule has 0 unspecified atom stereocenters. The van der Waals surface area contributed by atoms with Crippen molar-refractivity contribution in [3.63, 3.8) is 0 Å². The smallest absolute Gasteiger partial charge is 0.344 e. The Morgan fingerprint density at radius 3 is 2.21 bits per heavy atom. The summed E-state index contributed by atoms with van der Waals surface area (Å²) in [7, 11) is 4.69. The third-order valence-electron chi connectivity index (χ3n) is 4.12. The second-order valence-electron chi connectivity index (χ2n) is 5.99. The lowest BCUT2D eigenvalue weighted by Gasteiger charge is -2.14. The van der Waals surface area contributed by atoms with Crippen LogP contribution in [0.5, 0.6) is 23.0 Å². The van der Waals surface area contributed by atoms with E-state index in [4.69, 9.17) is 23.7 Å². The molecule has 0 N–H and O–H groups in total. The number of benzene rings is 2. The van der Waals surface area contributed by atoms with Gasteiger partial charge in [-0.2, -0.15) is 0 Å². The van der Waals surface area contributed by atoms with Crippen molar-refractivity contribution in [1.82, 2.24) is 0 Å². The normalized spacial score (nSPS) is 10.6. The van der Waals surface area contributed by atoms with Gasteiger partial charge in [0.05, 0.1) is 21.3 Å². The van der Waals surface area contributed by atoms with Gasteiger partial charge in [0.1, 0.15) is 6.61 Å². The first kappa shape index (κ1) is 21.2. The lowest BCUT2D eigenvalue weighted by molar-refractivity contribution is -0.147. The highest BCUT2D eigenvalue weighted by Crippen LogP contribution is 2.31. The van der Waals surface area contributed by atoms with Crippen LogP contribution in [-0.4, -0.2) is 33.9 Å². The molecule has 0 aliphatic carbocycles. The molecule has 0 aliphatic rings. The van der Waals surface area contributed by atoms with E-state index in [2.05, 4.69) is 0 Å². The fourth-order valence-electron chi connectivity index (χ4n) is 2.61. The Balaban J connectivity index is 1.97. The minimum absolute atomic E-state index is 0.117. The van der Waals surface area contributed by atoms with Gasteiger partial charge in [0.25, 0.3) is 0 Å². The molecule has 6 heteroatoms. The van der Waals surface area contributed by atoms with Crippen molar-refractivity contribution in [3.8, 4) is 23.0 Å². The van der Waals surface area contributed by atoms with Crippen LogP contribution in [0.4, 0.5) is 0 Å². The first-order chi connectivity index (χ1) is 13.5. The summed E-state index contributed by atoms with van der Waals surface area (Å²) in [6.07, 6.45) is 3.88. The molecule has 0 bridgehead atoms. The van der Waals surface area contributed by atoms with Gasteiger partial charge >= 0.3 is 5.97 Å². The third-order valence-corrected chi connectivity index (χ3v) is 4.12. The van der Waals surface area contributed by atoms with Crippen molar-refractivity contribution in [2.24, 2.45) is 0 Å². The van der Waals surface area contributed by atoms with Crippen LogP contribution in [0.1, 0.15) is 23.6 Å². The number of ether oxygens (including phenoxy) is 5. The summed E-state index contributed by atoms with van der Waals surface area (Å²) in [5.41, 5.74) is 2.75. The lowest BCUT2D eigenvalue weighted by atomic mass is 10.1. The maximum atomic E-state index is 12.1. The Bertz CT molecular complexity index is 841. The van der Waals surface area contributed by atoms with Crippen molar-refractivity contribution >= 4 is 12.0 Å². The molecular weight excluding hydrogens is 360 g/mol. The van der Waals surface area contributed by atoms with E-state index >= 15 is 0 Å². The topological polar surface area (TPSA) is 63.2 Å². The molecule has 150 valence electrons. The van der Waals surface area contributed by atoms with E-state index in [0.29, 0.717) is 23.0 Å². The molecule has 0 saturated carbocycles. The minimum atomic E-state index is -0.478. The number of carbonyl (C=O) groups is 1. The highest BCUT2D eigenvalue weighted by molar-refractivity contribution is 5.71. The van der Waals surface area contributed by atoms with E-state index in [1.807, 2.05) is 44.2 Å². The second-order valence-corrected chi connectivity index (χ2v) is 5.99. The fraction of sp³-hybridized carbons (Fsp3) is 0.318. The first-order valence-corrected chi connectivity index (χ1v) is 8.83. The van der Waals surface area contributed by atoms with E-state index in [1.54, 1.807) is 33.5 Å². The summed E-state index contributed by atoms with van der Waals surface area (Å²) >= 11 is 0. The van der Waals surface area contributed by atoms with E-state index in [1.165, 1.54) is 0 Å². The first-order valence-electron chi connectivity index (χ1n) is 8.83. The molecule has 2 rings (SSSR count). The van der Waals surface area contributed by atoms with Crippen LogP contribution < -0.4 is 18.9 Å². The molecule has 28 heavy (non-hydrogen) atoms. The standard InChI is InChI=1S/C22H26O6/c1-6-7-16-8-9-18(20(11-16)25-4)27-14-22(23)28-13-17-12-21(26-5)19(24-3)10-15(17)2/h6-12H,13-14H2,1-5H3/b7-6+. The second kappa shape index (κ2) is 10.3. The Morgan fingerprint density at radius 2 is 1.57 bits per heavy atom. The van der Waals surface area contributed by atoms with Gasteiger partial charge in [-0.15, -0.1) is 0 Å². The zero-order valence-electron chi connectivity index (χ0n) is 16.9. The molecular formula is C22H26O6. The van der Waals surface area contributed by atoms with E-state index in [0.717, 1.165) is 16.7 Å². The molecule has 0 spiro atoms. The highest BCUT2D eigenvalue weighted by Gasteiger charge is 2.12. The van der Waals surface area contributed by atoms with Gasteiger partial charge in [-0.3, -0.25) is 0 Å². The van der Waals surface area contributed by atoms with Gasteiger partial charge in [0, 0.05) is 0 Å². The number of methoxy groups -OCH3 is 3. The largest absolute Gasteiger partial charge is 0.493 e. The van der Waals surface area contributed by atoms with Gasteiger partial charge in [-0.25, -0.2) is 4.79 Å². The molecule has 0 atom stereocenters. The van der Waals surface area contributed by atoms with Gasteiger partial charge in [0.2, 0.25) is 0 Å². The van der Waals surface area contributed by atoms with Crippen LogP contribution in [0.2, 0.25) is 0 Å². The Hall–Kier alpha value is -3.15. The van der Waals surface area contributed by atoms with E-state index in [-0.39, 0.29) is 13.2 Å². The Kier molecular flexibility index (Phi) is 7.75. The van der Waals surface area contributed by atoms with Crippen molar-refractivity contribution in [1.29, 1.82) is 0 Å². The monoisotopic (exact) mass is 386 g/mol. The summed E-state index contributed by atoms with van der Waals surface area (Å²) in [6, 6.07) is 9.13. The maximum Gasteiger partial charge on any atom is 0.344 e. The van der Waals surface area contributed by atoms with Crippen LogP contribution >= 0.6 is 0 Å². The summed E-state index contributed by atoms with van der Waals surface area (Å²) < 4.78 is 26.8. The number of esters is 1. The van der Waals surface area contributed by atoms with Crippen molar-refractivity contribution in [3.05, 3.63) is 53.1 Å². The molecule has 2 aromatic carbocycles. The molecule has 0 amide bonds. The van der Waals surface area contributed by atoms with Crippen molar-refractivity contribution < 1.29 is 28.5 Å². The van der Waals surface area contributed by atoms with Gasteiger partial charge < -0.3 is 23.7 Å². The molecule has 0 aliphatic heterocycles. The van der Waals surface area contributed by atoms with Crippen LogP contribution in [-0.2, 0) is 16.1 Å². The van der Waals surface area contributed by atoms with Crippen LogP contribution in [0.3, 0.4) is 0 Å². The molecule has 0 saturated heterocycles. The number of carbonyl (C=O) groups excluding carboxylic acids is 1. The number of hydrogen-bond acceptors (Lipinski definition) is 6. The lowest BCUT2D eigenvalue weighted by Crippen LogP contribution is -2.15. The molecule has 6 nitrogen and oxygen atoms in total. The predicted octanol–water partition coefficient (Wildman–Crippen LogP) is 4.18. The number of allylic oxidation sites excluding steroid dienone is 1. The Morgan fingerprint density at radius 1 is 0.929 bits per heavy atom.